The van der Waals surface area contributed by atoms with Gasteiger partial charge in [-0.1, -0.05) is 6.08 Å². The molecule has 0 spiro atoms. The molecule has 0 saturated heterocycles. The summed E-state index contributed by atoms with van der Waals surface area (Å²) in [4.78, 5) is 12.0. The Morgan fingerprint density at radius 2 is 1.91 bits per heavy atom. The molecule has 0 aromatic carbocycles. The standard InChI is InChI=1S/C17H31NO4/c1-16(2,3)21-11-13(14(19)12-9-7-8-10-12)18-15(20)22-17(4,5)6/h9,13-14,19H,7-8,10-11H2,1-6H3,(H,18,20)/t13-,14+/m0/s1. The molecule has 0 aromatic rings. The number of allylic oxidation sites excluding steroid dienone is 1. The fraction of sp³-hybridized carbons (Fsp3) is 0.824. The average molecular weight is 313 g/mol. The minimum Gasteiger partial charge on any atom is -0.444 e. The van der Waals surface area contributed by atoms with Gasteiger partial charge in [0.2, 0.25) is 0 Å². The van der Waals surface area contributed by atoms with E-state index in [9.17, 15) is 9.90 Å². The number of hydrogen-bond donors (Lipinski definition) is 2. The Bertz CT molecular complexity index is 404. The maximum Gasteiger partial charge on any atom is 0.408 e. The number of carbonyl (C=O) groups excluding carboxylic acids is 1. The smallest absolute Gasteiger partial charge is 0.408 e. The molecule has 0 aromatic heterocycles. The van der Waals surface area contributed by atoms with Crippen molar-refractivity contribution in [2.45, 2.75) is 84.2 Å². The molecule has 2 atom stereocenters. The molecule has 22 heavy (non-hydrogen) atoms. The summed E-state index contributed by atoms with van der Waals surface area (Å²) in [7, 11) is 0. The molecule has 0 saturated carbocycles. The summed E-state index contributed by atoms with van der Waals surface area (Å²) in [6.45, 7) is 11.5. The van der Waals surface area contributed by atoms with E-state index < -0.39 is 23.8 Å². The molecule has 5 nitrogen and oxygen atoms in total. The molecule has 1 rings (SSSR count). The van der Waals surface area contributed by atoms with E-state index in [1.165, 1.54) is 0 Å². The van der Waals surface area contributed by atoms with Gasteiger partial charge in [0.1, 0.15) is 5.60 Å². The third kappa shape index (κ3) is 7.27. The summed E-state index contributed by atoms with van der Waals surface area (Å²) < 4.78 is 11.0. The van der Waals surface area contributed by atoms with Crippen molar-refractivity contribution in [1.82, 2.24) is 5.32 Å². The quantitative estimate of drug-likeness (QED) is 0.765. The van der Waals surface area contributed by atoms with E-state index in [2.05, 4.69) is 5.32 Å². The van der Waals surface area contributed by atoms with E-state index in [1.54, 1.807) is 0 Å². The monoisotopic (exact) mass is 313 g/mol. The highest BCUT2D eigenvalue weighted by atomic mass is 16.6. The van der Waals surface area contributed by atoms with E-state index in [-0.39, 0.29) is 12.2 Å². The summed E-state index contributed by atoms with van der Waals surface area (Å²) in [5, 5.41) is 13.3. The first kappa shape index (κ1) is 19.0. The number of alkyl carbamates (subject to hydrolysis) is 1. The lowest BCUT2D eigenvalue weighted by molar-refractivity contribution is -0.0328. The fourth-order valence-electron chi connectivity index (χ4n) is 2.23. The number of hydrogen-bond acceptors (Lipinski definition) is 4. The van der Waals surface area contributed by atoms with Crippen LogP contribution in [0.15, 0.2) is 11.6 Å². The van der Waals surface area contributed by atoms with Crippen LogP contribution in [0.1, 0.15) is 60.8 Å². The number of aliphatic hydroxyl groups is 1. The van der Waals surface area contributed by atoms with E-state index in [0.717, 1.165) is 24.8 Å². The molecule has 0 unspecified atom stereocenters. The summed E-state index contributed by atoms with van der Waals surface area (Å²) in [6, 6.07) is -0.515. The van der Waals surface area contributed by atoms with Crippen LogP contribution >= 0.6 is 0 Å². The molecular formula is C17H31NO4. The normalized spacial score (nSPS) is 18.6. The predicted octanol–water partition coefficient (Wildman–Crippen LogP) is 3.17. The van der Waals surface area contributed by atoms with Crippen molar-refractivity contribution >= 4 is 6.09 Å². The zero-order chi connectivity index (χ0) is 17.0. The summed E-state index contributed by atoms with van der Waals surface area (Å²) in [5.41, 5.74) is 0.0629. The third-order valence-electron chi connectivity index (χ3n) is 3.24. The molecule has 0 radical (unpaired) electrons. The van der Waals surface area contributed by atoms with Crippen molar-refractivity contribution < 1.29 is 19.4 Å². The number of ether oxygens (including phenoxy) is 2. The van der Waals surface area contributed by atoms with Gasteiger partial charge >= 0.3 is 6.09 Å². The van der Waals surface area contributed by atoms with Gasteiger partial charge < -0.3 is 19.9 Å². The van der Waals surface area contributed by atoms with Gasteiger partial charge in [-0.3, -0.25) is 0 Å². The highest BCUT2D eigenvalue weighted by Crippen LogP contribution is 2.23. The van der Waals surface area contributed by atoms with Crippen molar-refractivity contribution in [3.05, 3.63) is 11.6 Å². The molecule has 0 heterocycles. The Labute approximate surface area is 134 Å². The first-order valence-corrected chi connectivity index (χ1v) is 7.98. The van der Waals surface area contributed by atoms with Crippen LogP contribution in [0, 0.1) is 0 Å². The predicted molar refractivity (Wildman–Crippen MR) is 86.8 cm³/mol. The second-order valence-corrected chi connectivity index (χ2v) is 7.79. The lowest BCUT2D eigenvalue weighted by Crippen LogP contribution is -2.49. The van der Waals surface area contributed by atoms with Crippen LogP contribution in [0.4, 0.5) is 4.79 Å². The van der Waals surface area contributed by atoms with Gasteiger partial charge in [-0.15, -0.1) is 0 Å². The van der Waals surface area contributed by atoms with Crippen molar-refractivity contribution in [2.24, 2.45) is 0 Å². The van der Waals surface area contributed by atoms with E-state index in [0.29, 0.717) is 0 Å². The number of amides is 1. The van der Waals surface area contributed by atoms with Crippen LogP contribution in [0.2, 0.25) is 0 Å². The Balaban J connectivity index is 2.70. The highest BCUT2D eigenvalue weighted by molar-refractivity contribution is 5.68. The lowest BCUT2D eigenvalue weighted by atomic mass is 10.0. The number of carbonyl (C=O) groups is 1. The Hall–Kier alpha value is -1.07. The molecule has 2 N–H and O–H groups in total. The molecule has 0 aliphatic heterocycles. The van der Waals surface area contributed by atoms with Gasteiger partial charge in [-0.2, -0.15) is 0 Å². The van der Waals surface area contributed by atoms with Gasteiger partial charge in [0.15, 0.2) is 0 Å². The summed E-state index contributed by atoms with van der Waals surface area (Å²) in [6.07, 6.45) is 3.66. The first-order chi connectivity index (χ1) is 9.98. The molecule has 1 aliphatic carbocycles. The van der Waals surface area contributed by atoms with Crippen LogP contribution in [-0.4, -0.2) is 41.2 Å². The number of rotatable bonds is 5. The van der Waals surface area contributed by atoms with Crippen molar-refractivity contribution in [1.29, 1.82) is 0 Å². The van der Waals surface area contributed by atoms with Gasteiger partial charge in [0.05, 0.1) is 24.4 Å². The zero-order valence-corrected chi connectivity index (χ0v) is 14.7. The molecule has 1 amide bonds. The summed E-state index contributed by atoms with van der Waals surface area (Å²) >= 11 is 0. The Kier molecular flexibility index (Phi) is 6.44. The molecule has 1 aliphatic rings. The van der Waals surface area contributed by atoms with Gasteiger partial charge in [-0.25, -0.2) is 4.79 Å². The molecular weight excluding hydrogens is 282 g/mol. The van der Waals surface area contributed by atoms with Crippen LogP contribution in [0.5, 0.6) is 0 Å². The van der Waals surface area contributed by atoms with Crippen LogP contribution in [0.3, 0.4) is 0 Å². The molecule has 128 valence electrons. The first-order valence-electron chi connectivity index (χ1n) is 7.98. The number of nitrogens with one attached hydrogen (secondary N) is 1. The van der Waals surface area contributed by atoms with Gasteiger partial charge in [0.25, 0.3) is 0 Å². The maximum atomic E-state index is 12.0. The van der Waals surface area contributed by atoms with E-state index in [1.807, 2.05) is 47.6 Å². The highest BCUT2D eigenvalue weighted by Gasteiger charge is 2.29. The van der Waals surface area contributed by atoms with Crippen LogP contribution < -0.4 is 5.32 Å². The van der Waals surface area contributed by atoms with Gasteiger partial charge in [-0.05, 0) is 66.4 Å². The van der Waals surface area contributed by atoms with Crippen LogP contribution in [-0.2, 0) is 9.47 Å². The number of aliphatic hydroxyl groups excluding tert-OH is 1. The van der Waals surface area contributed by atoms with E-state index in [4.69, 9.17) is 9.47 Å². The molecule has 0 bridgehead atoms. The minimum atomic E-state index is -0.739. The topological polar surface area (TPSA) is 67.8 Å². The summed E-state index contributed by atoms with van der Waals surface area (Å²) in [5.74, 6) is 0. The Morgan fingerprint density at radius 1 is 1.27 bits per heavy atom. The van der Waals surface area contributed by atoms with E-state index >= 15 is 0 Å². The Morgan fingerprint density at radius 3 is 2.36 bits per heavy atom. The van der Waals surface area contributed by atoms with Crippen molar-refractivity contribution in [3.8, 4) is 0 Å². The van der Waals surface area contributed by atoms with Crippen LogP contribution in [0.25, 0.3) is 0 Å². The SMILES string of the molecule is CC(C)(C)OC[C@H](NC(=O)OC(C)(C)C)[C@H](O)C1=CCCC1. The molecule has 5 heteroatoms. The lowest BCUT2D eigenvalue weighted by Gasteiger charge is -2.30. The maximum absolute atomic E-state index is 12.0. The second kappa shape index (κ2) is 7.47. The minimum absolute atomic E-state index is 0.237. The average Bonchev–Trinajstić information content (AvgIpc) is 2.83. The zero-order valence-electron chi connectivity index (χ0n) is 14.7. The van der Waals surface area contributed by atoms with Crippen molar-refractivity contribution in [3.63, 3.8) is 0 Å². The second-order valence-electron chi connectivity index (χ2n) is 7.79. The van der Waals surface area contributed by atoms with Gasteiger partial charge in [0, 0.05) is 0 Å². The van der Waals surface area contributed by atoms with Crippen molar-refractivity contribution in [2.75, 3.05) is 6.61 Å². The molecule has 0 fully saturated rings. The largest absolute Gasteiger partial charge is 0.444 e. The fourth-order valence-corrected chi connectivity index (χ4v) is 2.23. The third-order valence-corrected chi connectivity index (χ3v) is 3.24.